The third-order valence-electron chi connectivity index (χ3n) is 6.43. The average Bonchev–Trinajstić information content (AvgIpc) is 2.96. The van der Waals surface area contributed by atoms with Gasteiger partial charge in [-0.15, -0.1) is 0 Å². The molecule has 7 heteroatoms. The van der Waals surface area contributed by atoms with Crippen LogP contribution in [0.3, 0.4) is 0 Å². The van der Waals surface area contributed by atoms with Gasteiger partial charge in [-0.25, -0.2) is 0 Å². The molecule has 1 atom stereocenters. The van der Waals surface area contributed by atoms with Crippen molar-refractivity contribution in [2.45, 2.75) is 9.93 Å². The summed E-state index contributed by atoms with van der Waals surface area (Å²) in [5, 5.41) is 9.75. The van der Waals surface area contributed by atoms with E-state index in [1.807, 2.05) is 46.9 Å². The zero-order valence-electron chi connectivity index (χ0n) is 20.2. The van der Waals surface area contributed by atoms with Gasteiger partial charge in [-0.1, -0.05) is 0 Å². The minimum atomic E-state index is -2.44. The van der Waals surface area contributed by atoms with Crippen molar-refractivity contribution in [3.63, 3.8) is 0 Å². The Morgan fingerprint density at radius 1 is 0.757 bits per heavy atom. The summed E-state index contributed by atoms with van der Waals surface area (Å²) in [4.78, 5) is 25.7. The van der Waals surface area contributed by atoms with Crippen molar-refractivity contribution in [2.75, 3.05) is 12.7 Å². The summed E-state index contributed by atoms with van der Waals surface area (Å²) in [6.07, 6.45) is 0.784. The van der Waals surface area contributed by atoms with Gasteiger partial charge in [-0.2, -0.15) is 0 Å². The first-order chi connectivity index (χ1) is 18.0. The van der Waals surface area contributed by atoms with Gasteiger partial charge in [-0.05, 0) is 0 Å². The molecule has 4 rings (SSSR count). The summed E-state index contributed by atoms with van der Waals surface area (Å²) in [5.41, 5.74) is 1.34. The van der Waals surface area contributed by atoms with Crippen LogP contribution < -0.4 is 26.5 Å². The monoisotopic (exact) mass is 642 g/mol. The van der Waals surface area contributed by atoms with Crippen LogP contribution in [0, 0.1) is 0 Å². The molecule has 4 aromatic carbocycles. The Morgan fingerprint density at radius 2 is 1.27 bits per heavy atom. The molecule has 2 amide bonds. The molecular formula is C30H29ClIN2O2P. The molecule has 2 N–H and O–H groups in total. The standard InChI is InChI=1S/C30H29ClIN2O2P/c31-22-23-11-10-12-24(21-23)29(35)34-28(32)30(36)33-19-20-37(25-13-4-1-5-14-25,26-15-6-2-7-16-26)27-17-8-3-9-18-27/h1-18,21,28,37H,19-20,22H2,(H,33,36)(H,34,35). The number of halogens is 2. The van der Waals surface area contributed by atoms with Crippen LogP contribution in [0.5, 0.6) is 0 Å². The second-order valence-electron chi connectivity index (χ2n) is 8.71. The minimum absolute atomic E-state index is 0.223. The molecule has 0 aliphatic carbocycles. The van der Waals surface area contributed by atoms with Crippen LogP contribution in [0.2, 0.25) is 0 Å². The van der Waals surface area contributed by atoms with Gasteiger partial charge in [0.2, 0.25) is 0 Å². The number of hydrogen-bond acceptors (Lipinski definition) is 2. The van der Waals surface area contributed by atoms with Gasteiger partial charge in [0.05, 0.1) is 0 Å². The normalized spacial score (nSPS) is 12.4. The summed E-state index contributed by atoms with van der Waals surface area (Å²) in [7, 11) is -2.44. The summed E-state index contributed by atoms with van der Waals surface area (Å²) in [5.74, 6) is -0.201. The number of carbonyl (C=O) groups excluding carboxylic acids is 2. The van der Waals surface area contributed by atoms with Gasteiger partial charge >= 0.3 is 238 Å². The van der Waals surface area contributed by atoms with E-state index in [1.165, 1.54) is 15.9 Å². The number of nitrogens with one attached hydrogen (secondary N) is 2. The molecule has 4 nitrogen and oxygen atoms in total. The predicted octanol–water partition coefficient (Wildman–Crippen LogP) is 4.76. The Labute approximate surface area is 237 Å². The van der Waals surface area contributed by atoms with Crippen molar-refractivity contribution in [3.8, 4) is 0 Å². The fourth-order valence-electron chi connectivity index (χ4n) is 4.62. The molecular weight excluding hydrogens is 614 g/mol. The van der Waals surface area contributed by atoms with Gasteiger partial charge < -0.3 is 0 Å². The summed E-state index contributed by atoms with van der Waals surface area (Å²) < 4.78 is -0.703. The fraction of sp³-hybridized carbons (Fsp3) is 0.133. The number of carbonyl (C=O) groups is 2. The zero-order valence-corrected chi connectivity index (χ0v) is 24.2. The van der Waals surface area contributed by atoms with Gasteiger partial charge in [0.25, 0.3) is 0 Å². The molecule has 190 valence electrons. The van der Waals surface area contributed by atoms with Crippen molar-refractivity contribution < 1.29 is 9.59 Å². The summed E-state index contributed by atoms with van der Waals surface area (Å²) >= 11 is 7.86. The zero-order chi connectivity index (χ0) is 26.1. The first-order valence-corrected chi connectivity index (χ1v) is 16.1. The molecule has 0 fully saturated rings. The second kappa shape index (κ2) is 13.2. The Hall–Kier alpha value is -2.73. The van der Waals surface area contributed by atoms with Crippen LogP contribution in [-0.4, -0.2) is 28.6 Å². The van der Waals surface area contributed by atoms with E-state index in [9.17, 15) is 9.59 Å². The van der Waals surface area contributed by atoms with E-state index >= 15 is 0 Å². The van der Waals surface area contributed by atoms with E-state index in [0.717, 1.165) is 11.7 Å². The van der Waals surface area contributed by atoms with Crippen LogP contribution in [0.25, 0.3) is 0 Å². The Morgan fingerprint density at radius 3 is 1.76 bits per heavy atom. The number of amides is 2. The summed E-state index contributed by atoms with van der Waals surface area (Å²) in [6.45, 7) is 0.487. The molecule has 1 unspecified atom stereocenters. The van der Waals surface area contributed by atoms with Crippen molar-refractivity contribution in [1.29, 1.82) is 0 Å². The molecule has 0 aromatic heterocycles. The first kappa shape index (κ1) is 27.3. The Balaban J connectivity index is 1.53. The third-order valence-corrected chi connectivity index (χ3v) is 12.6. The first-order valence-electron chi connectivity index (χ1n) is 12.1. The molecule has 0 spiro atoms. The molecule has 0 radical (unpaired) electrons. The van der Waals surface area contributed by atoms with Crippen LogP contribution in [0.15, 0.2) is 115 Å². The molecule has 0 bridgehead atoms. The molecule has 0 aliphatic rings. The maximum atomic E-state index is 13.0. The van der Waals surface area contributed by atoms with E-state index in [-0.39, 0.29) is 11.8 Å². The van der Waals surface area contributed by atoms with Crippen molar-refractivity contribution in [3.05, 3.63) is 126 Å². The average molecular weight is 643 g/mol. The Kier molecular flexibility index (Phi) is 9.73. The molecule has 0 aliphatic heterocycles. The van der Waals surface area contributed by atoms with E-state index in [4.69, 9.17) is 11.6 Å². The van der Waals surface area contributed by atoms with Crippen LogP contribution in [0.4, 0.5) is 0 Å². The van der Waals surface area contributed by atoms with Crippen LogP contribution >= 0.6 is 41.5 Å². The SMILES string of the molecule is O=C(NC(I)C(=O)NCC[PH](c1ccccc1)(c1ccccc1)c1ccccc1)c1cccc(CCl)c1. The number of rotatable bonds is 10. The van der Waals surface area contributed by atoms with Gasteiger partial charge in [0, 0.05) is 0 Å². The van der Waals surface area contributed by atoms with Crippen LogP contribution in [0.1, 0.15) is 15.9 Å². The van der Waals surface area contributed by atoms with Crippen molar-refractivity contribution in [2.24, 2.45) is 0 Å². The number of hydrogen-bond donors (Lipinski definition) is 2. The Bertz CT molecular complexity index is 1230. The van der Waals surface area contributed by atoms with Crippen LogP contribution in [-0.2, 0) is 10.7 Å². The van der Waals surface area contributed by atoms with Gasteiger partial charge in [0.15, 0.2) is 0 Å². The summed E-state index contributed by atoms with van der Waals surface area (Å²) in [6, 6.07) is 38.9. The molecule has 0 saturated carbocycles. The fourth-order valence-corrected chi connectivity index (χ4v) is 9.94. The second-order valence-corrected chi connectivity index (χ2v) is 14.3. The van der Waals surface area contributed by atoms with Crippen molar-refractivity contribution in [1.82, 2.24) is 10.6 Å². The molecule has 4 aromatic rings. The quantitative estimate of drug-likeness (QED) is 0.114. The molecule has 0 heterocycles. The maximum absolute atomic E-state index is 13.0. The molecule has 37 heavy (non-hydrogen) atoms. The van der Waals surface area contributed by atoms with E-state index in [0.29, 0.717) is 18.0 Å². The van der Waals surface area contributed by atoms with E-state index in [2.05, 4.69) is 83.4 Å². The topological polar surface area (TPSA) is 58.2 Å². The number of alkyl halides is 2. The third kappa shape index (κ3) is 6.59. The van der Waals surface area contributed by atoms with Gasteiger partial charge in [-0.3, -0.25) is 0 Å². The van der Waals surface area contributed by atoms with Gasteiger partial charge in [0.1, 0.15) is 0 Å². The van der Waals surface area contributed by atoms with Crippen molar-refractivity contribution >= 4 is 69.2 Å². The van der Waals surface area contributed by atoms with E-state index in [1.54, 1.807) is 18.2 Å². The predicted molar refractivity (Wildman–Crippen MR) is 166 cm³/mol. The number of benzene rings is 4. The molecule has 0 saturated heterocycles. The van der Waals surface area contributed by atoms with E-state index < -0.39 is 11.3 Å².